The first-order valence-electron chi connectivity index (χ1n) is 9.02. The van der Waals surface area contributed by atoms with Crippen LogP contribution in [0.4, 0.5) is 11.6 Å². The number of benzene rings is 2. The average Bonchev–Trinajstić information content (AvgIpc) is 2.98. The molecule has 1 heterocycles. The highest BCUT2D eigenvalue weighted by molar-refractivity contribution is 6.30. The Hall–Kier alpha value is -2.33. The molecule has 5 rings (SSSR count). The molecule has 2 aliphatic carbocycles. The monoisotopic (exact) mass is 364 g/mol. The maximum absolute atomic E-state index is 6.14. The van der Waals surface area contributed by atoms with E-state index in [2.05, 4.69) is 70.0 Å². The van der Waals surface area contributed by atoms with Crippen molar-refractivity contribution in [3.8, 4) is 0 Å². The lowest BCUT2D eigenvalue weighted by Gasteiger charge is -2.18. The topological polar surface area (TPSA) is 34.0 Å². The minimum atomic E-state index is 0.473. The molecule has 0 aliphatic heterocycles. The fourth-order valence-corrected chi connectivity index (χ4v) is 4.80. The second-order valence-electron chi connectivity index (χ2n) is 7.58. The maximum atomic E-state index is 6.14. The summed E-state index contributed by atoms with van der Waals surface area (Å²) in [6.07, 6.45) is 1.10. The van der Waals surface area contributed by atoms with Crippen LogP contribution in [-0.2, 0) is 13.5 Å². The molecule has 3 aromatic rings. The number of fused-ring (bicyclic) bond motifs is 3. The van der Waals surface area contributed by atoms with Crippen LogP contribution in [0.5, 0.6) is 0 Å². The molecule has 1 fully saturated rings. The van der Waals surface area contributed by atoms with Crippen LogP contribution in [-0.4, -0.2) is 21.8 Å². The van der Waals surface area contributed by atoms with Crippen LogP contribution in [0, 0.1) is 12.8 Å². The van der Waals surface area contributed by atoms with Crippen molar-refractivity contribution in [3.05, 3.63) is 70.0 Å². The number of halogens is 1. The molecule has 0 bridgehead atoms. The normalized spacial score (nSPS) is 22.8. The van der Waals surface area contributed by atoms with Crippen molar-refractivity contribution in [1.82, 2.24) is 14.8 Å². The molecule has 3 atom stereocenters. The third kappa shape index (κ3) is 2.28. The first-order valence-corrected chi connectivity index (χ1v) is 9.40. The second kappa shape index (κ2) is 5.58. The Balaban J connectivity index is 1.44. The molecule has 2 aromatic carbocycles. The van der Waals surface area contributed by atoms with E-state index in [1.165, 1.54) is 16.7 Å². The molecule has 0 saturated heterocycles. The third-order valence-electron chi connectivity index (χ3n) is 5.96. The summed E-state index contributed by atoms with van der Waals surface area (Å²) in [6, 6.07) is 14.8. The van der Waals surface area contributed by atoms with Crippen molar-refractivity contribution in [2.45, 2.75) is 25.2 Å². The highest BCUT2D eigenvalue weighted by atomic mass is 35.5. The molecule has 5 heteroatoms. The van der Waals surface area contributed by atoms with Crippen molar-refractivity contribution in [2.24, 2.45) is 13.0 Å². The molecule has 26 heavy (non-hydrogen) atoms. The summed E-state index contributed by atoms with van der Waals surface area (Å²) in [5.41, 5.74) is 5.22. The summed E-state index contributed by atoms with van der Waals surface area (Å²) in [5, 5.41) is 9.90. The molecule has 4 nitrogen and oxygen atoms in total. The first-order chi connectivity index (χ1) is 12.5. The summed E-state index contributed by atoms with van der Waals surface area (Å²) >= 11 is 6.14. The predicted octanol–water partition coefficient (Wildman–Crippen LogP) is 4.60. The lowest BCUT2D eigenvalue weighted by atomic mass is 10.0. The summed E-state index contributed by atoms with van der Waals surface area (Å²) in [4.78, 5) is 2.11. The summed E-state index contributed by atoms with van der Waals surface area (Å²) in [7, 11) is 4.13. The minimum absolute atomic E-state index is 0.473. The Kier molecular flexibility index (Phi) is 3.41. The number of hydrogen-bond acceptors (Lipinski definition) is 3. The standard InChI is InChI=1S/C21H21ClN4/c1-12-5-4-6-15(9-12)25(2)21-24-23-20(26(21)3)19-17-11-13-10-14(22)7-8-16(13)18(17)19/h4-10,17-19H,11H2,1-3H3. The largest absolute Gasteiger partial charge is 0.314 e. The van der Waals surface area contributed by atoms with Crippen molar-refractivity contribution >= 4 is 23.2 Å². The van der Waals surface area contributed by atoms with Gasteiger partial charge >= 0.3 is 0 Å². The zero-order valence-corrected chi connectivity index (χ0v) is 15.9. The average molecular weight is 365 g/mol. The van der Waals surface area contributed by atoms with Gasteiger partial charge in [-0.3, -0.25) is 4.57 Å². The first kappa shape index (κ1) is 15.9. The summed E-state index contributed by atoms with van der Waals surface area (Å²) in [6.45, 7) is 2.11. The smallest absolute Gasteiger partial charge is 0.231 e. The summed E-state index contributed by atoms with van der Waals surface area (Å²) in [5.74, 6) is 3.66. The zero-order chi connectivity index (χ0) is 18.0. The summed E-state index contributed by atoms with van der Waals surface area (Å²) < 4.78 is 2.15. The van der Waals surface area contributed by atoms with Crippen molar-refractivity contribution in [1.29, 1.82) is 0 Å². The van der Waals surface area contributed by atoms with E-state index in [0.717, 1.165) is 28.9 Å². The molecule has 3 unspecified atom stereocenters. The number of aryl methyl sites for hydroxylation is 1. The highest BCUT2D eigenvalue weighted by Gasteiger charge is 2.58. The molecule has 132 valence electrons. The maximum Gasteiger partial charge on any atom is 0.231 e. The van der Waals surface area contributed by atoms with Gasteiger partial charge in [0.1, 0.15) is 5.82 Å². The van der Waals surface area contributed by atoms with Gasteiger partial charge in [-0.05, 0) is 66.1 Å². The van der Waals surface area contributed by atoms with E-state index < -0.39 is 0 Å². The number of hydrogen-bond donors (Lipinski definition) is 0. The van der Waals surface area contributed by atoms with Gasteiger partial charge in [0.15, 0.2) is 0 Å². The predicted molar refractivity (Wildman–Crippen MR) is 104 cm³/mol. The Morgan fingerprint density at radius 1 is 1.12 bits per heavy atom. The van der Waals surface area contributed by atoms with Crippen LogP contribution in [0.25, 0.3) is 0 Å². The van der Waals surface area contributed by atoms with E-state index in [-0.39, 0.29) is 0 Å². The molecule has 1 aromatic heterocycles. The lowest BCUT2D eigenvalue weighted by Crippen LogP contribution is -2.15. The molecule has 0 spiro atoms. The van der Waals surface area contributed by atoms with E-state index in [1.54, 1.807) is 0 Å². The van der Waals surface area contributed by atoms with E-state index >= 15 is 0 Å². The third-order valence-corrected chi connectivity index (χ3v) is 6.20. The molecule has 1 saturated carbocycles. The molecular formula is C21H21ClN4. The Morgan fingerprint density at radius 3 is 2.77 bits per heavy atom. The molecule has 0 N–H and O–H groups in total. The Bertz CT molecular complexity index is 1010. The second-order valence-corrected chi connectivity index (χ2v) is 8.01. The minimum Gasteiger partial charge on any atom is -0.314 e. The van der Waals surface area contributed by atoms with E-state index in [9.17, 15) is 0 Å². The molecule has 0 amide bonds. The van der Waals surface area contributed by atoms with Crippen LogP contribution in [0.1, 0.15) is 34.4 Å². The van der Waals surface area contributed by atoms with Crippen LogP contribution in [0.2, 0.25) is 5.02 Å². The van der Waals surface area contributed by atoms with Gasteiger partial charge in [0, 0.05) is 30.7 Å². The Morgan fingerprint density at radius 2 is 1.96 bits per heavy atom. The van der Waals surface area contributed by atoms with Gasteiger partial charge in [0.25, 0.3) is 0 Å². The fourth-order valence-electron chi connectivity index (χ4n) is 4.60. The number of anilines is 2. The van der Waals surface area contributed by atoms with Crippen molar-refractivity contribution in [2.75, 3.05) is 11.9 Å². The van der Waals surface area contributed by atoms with E-state index in [1.807, 2.05) is 13.1 Å². The number of rotatable bonds is 3. The van der Waals surface area contributed by atoms with Crippen molar-refractivity contribution in [3.63, 3.8) is 0 Å². The van der Waals surface area contributed by atoms with Gasteiger partial charge in [0.05, 0.1) is 0 Å². The number of aromatic nitrogens is 3. The van der Waals surface area contributed by atoms with Gasteiger partial charge < -0.3 is 4.90 Å². The zero-order valence-electron chi connectivity index (χ0n) is 15.1. The van der Waals surface area contributed by atoms with Gasteiger partial charge in [-0.15, -0.1) is 10.2 Å². The molecule has 0 radical (unpaired) electrons. The van der Waals surface area contributed by atoms with Gasteiger partial charge in [-0.1, -0.05) is 29.8 Å². The molecule has 2 aliphatic rings. The van der Waals surface area contributed by atoms with E-state index in [4.69, 9.17) is 11.6 Å². The highest BCUT2D eigenvalue weighted by Crippen LogP contribution is 2.66. The van der Waals surface area contributed by atoms with Gasteiger partial charge in [-0.25, -0.2) is 0 Å². The fraction of sp³-hybridized carbons (Fsp3) is 0.333. The van der Waals surface area contributed by atoms with Crippen LogP contribution in [0.3, 0.4) is 0 Å². The lowest BCUT2D eigenvalue weighted by molar-refractivity contribution is 0.724. The van der Waals surface area contributed by atoms with Crippen LogP contribution >= 0.6 is 11.6 Å². The van der Waals surface area contributed by atoms with E-state index in [0.29, 0.717) is 17.8 Å². The van der Waals surface area contributed by atoms with Gasteiger partial charge in [-0.2, -0.15) is 0 Å². The van der Waals surface area contributed by atoms with Crippen LogP contribution in [0.15, 0.2) is 42.5 Å². The SMILES string of the molecule is Cc1cccc(N(C)c2nnc(C3C4Cc5cc(Cl)ccc5C43)n2C)c1. The Labute approximate surface area is 158 Å². The molecular weight excluding hydrogens is 344 g/mol. The number of nitrogens with zero attached hydrogens (tertiary/aromatic N) is 4. The van der Waals surface area contributed by atoms with Crippen LogP contribution < -0.4 is 4.90 Å². The quantitative estimate of drug-likeness (QED) is 0.681. The van der Waals surface area contributed by atoms with Gasteiger partial charge in [0.2, 0.25) is 5.95 Å². The van der Waals surface area contributed by atoms with Crippen molar-refractivity contribution < 1.29 is 0 Å².